The van der Waals surface area contributed by atoms with Crippen molar-refractivity contribution < 1.29 is 9.59 Å². The first kappa shape index (κ1) is 24.8. The van der Waals surface area contributed by atoms with Crippen molar-refractivity contribution >= 4 is 23.2 Å². The Hall–Kier alpha value is -2.86. The fourth-order valence-electron chi connectivity index (χ4n) is 4.19. The molecule has 178 valence electrons. The minimum atomic E-state index is -0.178. The summed E-state index contributed by atoms with van der Waals surface area (Å²) in [5.74, 6) is 0.435. The van der Waals surface area contributed by atoms with E-state index < -0.39 is 0 Å². The van der Waals surface area contributed by atoms with E-state index in [4.69, 9.17) is 0 Å². The summed E-state index contributed by atoms with van der Waals surface area (Å²) in [6.45, 7) is 13.7. The Kier molecular flexibility index (Phi) is 8.89. The molecule has 0 atom stereocenters. The SMILES string of the molecule is CCN(CC)CCNC(=O)c1cc(NC(=O)c2ccc(C)cc2)ccc1N1CCC(C)CC1. The van der Waals surface area contributed by atoms with E-state index in [-0.39, 0.29) is 11.8 Å². The molecule has 6 heteroatoms. The first-order valence-electron chi connectivity index (χ1n) is 12.2. The van der Waals surface area contributed by atoms with Gasteiger partial charge in [-0.25, -0.2) is 0 Å². The Bertz CT molecular complexity index is 930. The number of benzene rings is 2. The average Bonchev–Trinajstić information content (AvgIpc) is 2.82. The fourth-order valence-corrected chi connectivity index (χ4v) is 4.19. The van der Waals surface area contributed by atoms with Crippen molar-refractivity contribution in [1.82, 2.24) is 10.2 Å². The van der Waals surface area contributed by atoms with Gasteiger partial charge in [0.25, 0.3) is 11.8 Å². The van der Waals surface area contributed by atoms with Gasteiger partial charge in [0.15, 0.2) is 0 Å². The van der Waals surface area contributed by atoms with E-state index in [1.165, 1.54) is 0 Å². The fraction of sp³-hybridized carbons (Fsp3) is 0.481. The normalized spacial score (nSPS) is 14.4. The van der Waals surface area contributed by atoms with Crippen molar-refractivity contribution in [2.24, 2.45) is 5.92 Å². The smallest absolute Gasteiger partial charge is 0.255 e. The third-order valence-electron chi connectivity index (χ3n) is 6.55. The number of aryl methyl sites for hydroxylation is 1. The number of carbonyl (C=O) groups excluding carboxylic acids is 2. The van der Waals surface area contributed by atoms with E-state index >= 15 is 0 Å². The van der Waals surface area contributed by atoms with Gasteiger partial charge in [-0.2, -0.15) is 0 Å². The summed E-state index contributed by atoms with van der Waals surface area (Å²) >= 11 is 0. The van der Waals surface area contributed by atoms with Gasteiger partial charge in [0.05, 0.1) is 5.56 Å². The minimum absolute atomic E-state index is 0.0952. The number of carbonyl (C=O) groups is 2. The summed E-state index contributed by atoms with van der Waals surface area (Å²) in [5.41, 5.74) is 3.89. The predicted octanol–water partition coefficient (Wildman–Crippen LogP) is 4.56. The van der Waals surface area contributed by atoms with Gasteiger partial charge in [-0.05, 0) is 69.1 Å². The van der Waals surface area contributed by atoms with Crippen molar-refractivity contribution in [3.05, 3.63) is 59.2 Å². The van der Waals surface area contributed by atoms with Gasteiger partial charge in [-0.3, -0.25) is 9.59 Å². The van der Waals surface area contributed by atoms with Crippen LogP contribution in [0.4, 0.5) is 11.4 Å². The molecule has 1 saturated heterocycles. The molecule has 2 amide bonds. The molecule has 2 aromatic carbocycles. The largest absolute Gasteiger partial charge is 0.371 e. The van der Waals surface area contributed by atoms with Crippen LogP contribution in [0.3, 0.4) is 0 Å². The van der Waals surface area contributed by atoms with Crippen LogP contribution < -0.4 is 15.5 Å². The molecule has 3 rings (SSSR count). The van der Waals surface area contributed by atoms with E-state index in [0.29, 0.717) is 29.3 Å². The Morgan fingerprint density at radius 1 is 1.00 bits per heavy atom. The second kappa shape index (κ2) is 11.8. The Morgan fingerprint density at radius 2 is 1.67 bits per heavy atom. The van der Waals surface area contributed by atoms with E-state index in [0.717, 1.165) is 56.8 Å². The van der Waals surface area contributed by atoms with Crippen molar-refractivity contribution in [3.63, 3.8) is 0 Å². The van der Waals surface area contributed by atoms with Crippen LogP contribution >= 0.6 is 0 Å². The standard InChI is InChI=1S/C27H38N4O2/c1-5-30(6-2)18-15-28-27(33)24-19-23(29-26(32)22-9-7-20(3)8-10-22)11-12-25(24)31-16-13-21(4)14-17-31/h7-12,19,21H,5-6,13-18H2,1-4H3,(H,28,33)(H,29,32). The highest BCUT2D eigenvalue weighted by Gasteiger charge is 2.22. The molecular weight excluding hydrogens is 412 g/mol. The quantitative estimate of drug-likeness (QED) is 0.588. The molecule has 6 nitrogen and oxygen atoms in total. The number of hydrogen-bond acceptors (Lipinski definition) is 4. The number of likely N-dealkylation sites (N-methyl/N-ethyl adjacent to an activating group) is 1. The van der Waals surface area contributed by atoms with E-state index in [1.807, 2.05) is 49.4 Å². The van der Waals surface area contributed by atoms with E-state index in [2.05, 4.69) is 41.2 Å². The van der Waals surface area contributed by atoms with Crippen molar-refractivity contribution in [2.75, 3.05) is 49.5 Å². The molecule has 0 radical (unpaired) electrons. The topological polar surface area (TPSA) is 64.7 Å². The zero-order valence-corrected chi connectivity index (χ0v) is 20.5. The highest BCUT2D eigenvalue weighted by atomic mass is 16.2. The predicted molar refractivity (Wildman–Crippen MR) is 136 cm³/mol. The lowest BCUT2D eigenvalue weighted by Crippen LogP contribution is -2.37. The average molecular weight is 451 g/mol. The molecule has 1 fully saturated rings. The highest BCUT2D eigenvalue weighted by molar-refractivity contribution is 6.06. The number of nitrogens with zero attached hydrogens (tertiary/aromatic N) is 2. The maximum atomic E-state index is 13.2. The first-order chi connectivity index (χ1) is 15.9. The summed E-state index contributed by atoms with van der Waals surface area (Å²) in [7, 11) is 0. The van der Waals surface area contributed by atoms with Crippen LogP contribution in [0, 0.1) is 12.8 Å². The lowest BCUT2D eigenvalue weighted by Gasteiger charge is -2.33. The summed E-state index contributed by atoms with van der Waals surface area (Å²) in [4.78, 5) is 30.5. The summed E-state index contributed by atoms with van der Waals surface area (Å²) in [6, 6.07) is 13.1. The van der Waals surface area contributed by atoms with Gasteiger partial charge in [-0.1, -0.05) is 38.5 Å². The third kappa shape index (κ3) is 6.81. The molecule has 1 aliphatic rings. The molecule has 1 aliphatic heterocycles. The second-order valence-corrected chi connectivity index (χ2v) is 9.00. The molecule has 33 heavy (non-hydrogen) atoms. The van der Waals surface area contributed by atoms with Crippen molar-refractivity contribution in [3.8, 4) is 0 Å². The van der Waals surface area contributed by atoms with Crippen molar-refractivity contribution in [2.45, 2.75) is 40.5 Å². The van der Waals surface area contributed by atoms with Crippen LogP contribution in [0.1, 0.15) is 59.9 Å². The van der Waals surface area contributed by atoms with Gasteiger partial charge in [0.1, 0.15) is 0 Å². The molecule has 0 unspecified atom stereocenters. The first-order valence-corrected chi connectivity index (χ1v) is 12.2. The van der Waals surface area contributed by atoms with Gasteiger partial charge in [0.2, 0.25) is 0 Å². The summed E-state index contributed by atoms with van der Waals surface area (Å²) < 4.78 is 0. The van der Waals surface area contributed by atoms with Gasteiger partial charge in [-0.15, -0.1) is 0 Å². The Labute approximate surface area is 198 Å². The monoisotopic (exact) mass is 450 g/mol. The van der Waals surface area contributed by atoms with Crippen LogP contribution in [0.2, 0.25) is 0 Å². The maximum Gasteiger partial charge on any atom is 0.255 e. The van der Waals surface area contributed by atoms with Crippen LogP contribution in [-0.2, 0) is 0 Å². The molecule has 0 aromatic heterocycles. The van der Waals surface area contributed by atoms with E-state index in [1.54, 1.807) is 0 Å². The number of hydrogen-bond donors (Lipinski definition) is 2. The Balaban J connectivity index is 1.79. The van der Waals surface area contributed by atoms with Crippen LogP contribution in [0.5, 0.6) is 0 Å². The lowest BCUT2D eigenvalue weighted by molar-refractivity contribution is 0.0948. The van der Waals surface area contributed by atoms with Crippen LogP contribution in [0.25, 0.3) is 0 Å². The molecule has 1 heterocycles. The number of rotatable bonds is 9. The summed E-state index contributed by atoms with van der Waals surface area (Å²) in [6.07, 6.45) is 2.24. The molecule has 2 N–H and O–H groups in total. The highest BCUT2D eigenvalue weighted by Crippen LogP contribution is 2.29. The zero-order chi connectivity index (χ0) is 23.8. The molecule has 0 aliphatic carbocycles. The Morgan fingerprint density at radius 3 is 2.30 bits per heavy atom. The van der Waals surface area contributed by atoms with Crippen molar-refractivity contribution in [1.29, 1.82) is 0 Å². The van der Waals surface area contributed by atoms with E-state index in [9.17, 15) is 9.59 Å². The molecule has 0 bridgehead atoms. The van der Waals surface area contributed by atoms with Gasteiger partial charge < -0.3 is 20.4 Å². The second-order valence-electron chi connectivity index (χ2n) is 9.00. The third-order valence-corrected chi connectivity index (χ3v) is 6.55. The van der Waals surface area contributed by atoms with Gasteiger partial charge in [0, 0.05) is 43.1 Å². The lowest BCUT2D eigenvalue weighted by atomic mass is 9.97. The van der Waals surface area contributed by atoms with Crippen LogP contribution in [0.15, 0.2) is 42.5 Å². The number of nitrogens with one attached hydrogen (secondary N) is 2. The summed E-state index contributed by atoms with van der Waals surface area (Å²) in [5, 5.41) is 6.04. The number of anilines is 2. The molecule has 0 spiro atoms. The molecular formula is C27H38N4O2. The zero-order valence-electron chi connectivity index (χ0n) is 20.5. The molecule has 0 saturated carbocycles. The molecule has 2 aromatic rings. The number of piperidine rings is 1. The minimum Gasteiger partial charge on any atom is -0.371 e. The van der Waals surface area contributed by atoms with Gasteiger partial charge >= 0.3 is 0 Å². The number of amides is 2. The van der Waals surface area contributed by atoms with Crippen LogP contribution in [-0.4, -0.2) is 56.0 Å². The maximum absolute atomic E-state index is 13.2.